The number of hydrogen-bond acceptors (Lipinski definition) is 3. The summed E-state index contributed by atoms with van der Waals surface area (Å²) in [4.78, 5) is 14.3. The predicted molar refractivity (Wildman–Crippen MR) is 74.7 cm³/mol. The number of carbonyl (C=O) groups is 1. The normalized spacial score (nSPS) is 20.6. The Morgan fingerprint density at radius 1 is 1.53 bits per heavy atom. The molecule has 0 aromatic heterocycles. The second-order valence-corrected chi connectivity index (χ2v) is 5.11. The number of nitrogens with two attached hydrogens (primary N) is 1. The second-order valence-electron chi connectivity index (χ2n) is 5.11. The Hall–Kier alpha value is -1.39. The van der Waals surface area contributed by atoms with E-state index in [0.29, 0.717) is 0 Å². The lowest BCUT2D eigenvalue weighted by atomic mass is 9.99. The van der Waals surface area contributed by atoms with Crippen molar-refractivity contribution in [1.29, 1.82) is 0 Å². The number of aryl methyl sites for hydroxylation is 1. The zero-order valence-electron chi connectivity index (χ0n) is 11.6. The molecule has 1 aromatic rings. The van der Waals surface area contributed by atoms with Crippen LogP contribution in [0.5, 0.6) is 0 Å². The molecule has 4 heteroatoms. The molecule has 1 heterocycles. The quantitative estimate of drug-likeness (QED) is 0.897. The fourth-order valence-electron chi connectivity index (χ4n) is 2.78. The highest BCUT2D eigenvalue weighted by Gasteiger charge is 2.33. The number of benzene rings is 1. The zero-order chi connectivity index (χ0) is 13.8. The van der Waals surface area contributed by atoms with E-state index >= 15 is 0 Å². The van der Waals surface area contributed by atoms with Crippen LogP contribution in [0.3, 0.4) is 0 Å². The Labute approximate surface area is 114 Å². The van der Waals surface area contributed by atoms with Crippen molar-refractivity contribution in [2.24, 2.45) is 5.73 Å². The number of hydrogen-bond donors (Lipinski definition) is 1. The third-order valence-electron chi connectivity index (χ3n) is 3.75. The molecule has 0 spiro atoms. The summed E-state index contributed by atoms with van der Waals surface area (Å²) in [5, 5.41) is 0. The van der Waals surface area contributed by atoms with Crippen LogP contribution in [0, 0.1) is 6.92 Å². The first-order chi connectivity index (χ1) is 9.15. The zero-order valence-corrected chi connectivity index (χ0v) is 11.6. The maximum Gasteiger partial charge on any atom is 0.242 e. The van der Waals surface area contributed by atoms with Crippen molar-refractivity contribution in [3.8, 4) is 0 Å². The van der Waals surface area contributed by atoms with Crippen LogP contribution in [0.15, 0.2) is 24.3 Å². The molecular formula is C15H22N2O2. The molecule has 2 N–H and O–H groups in total. The van der Waals surface area contributed by atoms with Crippen molar-refractivity contribution in [2.45, 2.75) is 31.8 Å². The Morgan fingerprint density at radius 3 is 2.95 bits per heavy atom. The lowest BCUT2D eigenvalue weighted by Gasteiger charge is -2.28. The average molecular weight is 262 g/mol. The number of ether oxygens (including phenoxy) is 1. The van der Waals surface area contributed by atoms with Gasteiger partial charge in [-0.1, -0.05) is 24.3 Å². The largest absolute Gasteiger partial charge is 0.383 e. The second kappa shape index (κ2) is 6.17. The Bertz CT molecular complexity index is 448. The SMILES string of the molecule is COCC(N)C(=O)N1CCCC1c1ccccc1C. The molecule has 0 radical (unpaired) electrons. The van der Waals surface area contributed by atoms with Crippen molar-refractivity contribution < 1.29 is 9.53 Å². The maximum absolute atomic E-state index is 12.4. The van der Waals surface area contributed by atoms with E-state index in [0.717, 1.165) is 19.4 Å². The molecule has 0 aliphatic carbocycles. The van der Waals surface area contributed by atoms with Gasteiger partial charge in [-0.15, -0.1) is 0 Å². The molecule has 2 unspecified atom stereocenters. The van der Waals surface area contributed by atoms with Crippen molar-refractivity contribution >= 4 is 5.91 Å². The van der Waals surface area contributed by atoms with Gasteiger partial charge in [0.05, 0.1) is 12.6 Å². The molecule has 1 aliphatic heterocycles. The summed E-state index contributed by atoms with van der Waals surface area (Å²) in [6.07, 6.45) is 2.04. The van der Waals surface area contributed by atoms with Gasteiger partial charge in [0.1, 0.15) is 6.04 Å². The summed E-state index contributed by atoms with van der Waals surface area (Å²) in [5.41, 5.74) is 8.33. The van der Waals surface area contributed by atoms with Gasteiger partial charge in [0, 0.05) is 13.7 Å². The number of methoxy groups -OCH3 is 1. The Balaban J connectivity index is 2.17. The minimum Gasteiger partial charge on any atom is -0.383 e. The van der Waals surface area contributed by atoms with Crippen LogP contribution in [0.25, 0.3) is 0 Å². The van der Waals surface area contributed by atoms with Crippen LogP contribution >= 0.6 is 0 Å². The highest BCUT2D eigenvalue weighted by atomic mass is 16.5. The molecule has 19 heavy (non-hydrogen) atoms. The van der Waals surface area contributed by atoms with E-state index in [1.54, 1.807) is 7.11 Å². The van der Waals surface area contributed by atoms with Gasteiger partial charge in [0.25, 0.3) is 0 Å². The molecule has 1 fully saturated rings. The first kappa shape index (κ1) is 14.0. The molecule has 1 aliphatic rings. The van der Waals surface area contributed by atoms with Gasteiger partial charge in [0.2, 0.25) is 5.91 Å². The highest BCUT2D eigenvalue weighted by Crippen LogP contribution is 2.33. The maximum atomic E-state index is 12.4. The van der Waals surface area contributed by atoms with Gasteiger partial charge in [-0.2, -0.15) is 0 Å². The van der Waals surface area contributed by atoms with Crippen molar-refractivity contribution in [3.63, 3.8) is 0 Å². The average Bonchev–Trinajstić information content (AvgIpc) is 2.87. The molecule has 2 rings (SSSR count). The predicted octanol–water partition coefficient (Wildman–Crippen LogP) is 1.63. The van der Waals surface area contributed by atoms with E-state index in [-0.39, 0.29) is 18.6 Å². The minimum atomic E-state index is -0.561. The van der Waals surface area contributed by atoms with Crippen LogP contribution in [0.1, 0.15) is 30.0 Å². The van der Waals surface area contributed by atoms with Crippen molar-refractivity contribution in [1.82, 2.24) is 4.90 Å². The standard InChI is InChI=1S/C15H22N2O2/c1-11-6-3-4-7-12(11)14-8-5-9-17(14)15(18)13(16)10-19-2/h3-4,6-7,13-14H,5,8-10,16H2,1-2H3. The van der Waals surface area contributed by atoms with Gasteiger partial charge in [-0.3, -0.25) is 4.79 Å². The fraction of sp³-hybridized carbons (Fsp3) is 0.533. The Morgan fingerprint density at radius 2 is 2.26 bits per heavy atom. The molecule has 104 valence electrons. The topological polar surface area (TPSA) is 55.6 Å². The van der Waals surface area contributed by atoms with Gasteiger partial charge in [0.15, 0.2) is 0 Å². The van der Waals surface area contributed by atoms with Crippen LogP contribution in [-0.4, -0.2) is 37.1 Å². The Kier molecular flexibility index (Phi) is 4.56. The van der Waals surface area contributed by atoms with Crippen LogP contribution in [-0.2, 0) is 9.53 Å². The smallest absolute Gasteiger partial charge is 0.242 e. The summed E-state index contributed by atoms with van der Waals surface area (Å²) < 4.78 is 4.98. The summed E-state index contributed by atoms with van der Waals surface area (Å²) >= 11 is 0. The third kappa shape index (κ3) is 2.96. The third-order valence-corrected chi connectivity index (χ3v) is 3.75. The number of amides is 1. The molecule has 1 amide bonds. The number of nitrogens with zero attached hydrogens (tertiary/aromatic N) is 1. The molecule has 1 saturated heterocycles. The van der Waals surface area contributed by atoms with Gasteiger partial charge in [-0.05, 0) is 30.9 Å². The van der Waals surface area contributed by atoms with Gasteiger partial charge >= 0.3 is 0 Å². The fourth-order valence-corrected chi connectivity index (χ4v) is 2.78. The molecule has 0 bridgehead atoms. The monoisotopic (exact) mass is 262 g/mol. The number of carbonyl (C=O) groups excluding carboxylic acids is 1. The van der Waals surface area contributed by atoms with Crippen molar-refractivity contribution in [3.05, 3.63) is 35.4 Å². The van der Waals surface area contributed by atoms with Gasteiger partial charge in [-0.25, -0.2) is 0 Å². The minimum absolute atomic E-state index is 0.00685. The van der Waals surface area contributed by atoms with E-state index < -0.39 is 6.04 Å². The summed E-state index contributed by atoms with van der Waals surface area (Å²) in [7, 11) is 1.57. The van der Waals surface area contributed by atoms with Crippen LogP contribution in [0.2, 0.25) is 0 Å². The summed E-state index contributed by atoms with van der Waals surface area (Å²) in [6, 6.07) is 7.85. The van der Waals surface area contributed by atoms with E-state index in [9.17, 15) is 4.79 Å². The molecular weight excluding hydrogens is 240 g/mol. The number of likely N-dealkylation sites (tertiary alicyclic amines) is 1. The first-order valence-electron chi connectivity index (χ1n) is 6.75. The van der Waals surface area contributed by atoms with Crippen molar-refractivity contribution in [2.75, 3.05) is 20.3 Å². The lowest BCUT2D eigenvalue weighted by molar-refractivity contribution is -0.134. The van der Waals surface area contributed by atoms with Crippen LogP contribution < -0.4 is 5.73 Å². The van der Waals surface area contributed by atoms with E-state index in [4.69, 9.17) is 10.5 Å². The van der Waals surface area contributed by atoms with E-state index in [1.165, 1.54) is 11.1 Å². The van der Waals surface area contributed by atoms with Crippen LogP contribution in [0.4, 0.5) is 0 Å². The molecule has 0 saturated carbocycles. The summed E-state index contributed by atoms with van der Waals surface area (Å²) in [6.45, 7) is 3.15. The lowest BCUT2D eigenvalue weighted by Crippen LogP contribution is -2.45. The molecule has 2 atom stereocenters. The molecule has 1 aromatic carbocycles. The van der Waals surface area contributed by atoms with E-state index in [2.05, 4.69) is 19.1 Å². The number of rotatable bonds is 4. The van der Waals surface area contributed by atoms with Gasteiger partial charge < -0.3 is 15.4 Å². The summed E-state index contributed by atoms with van der Waals surface area (Å²) in [5.74, 6) is -0.00685. The first-order valence-corrected chi connectivity index (χ1v) is 6.75. The highest BCUT2D eigenvalue weighted by molar-refractivity contribution is 5.82. The molecule has 4 nitrogen and oxygen atoms in total. The van der Waals surface area contributed by atoms with E-state index in [1.807, 2.05) is 17.0 Å².